The Balaban J connectivity index is 3.10. The molecule has 0 bridgehead atoms. The van der Waals surface area contributed by atoms with E-state index in [1.54, 1.807) is 0 Å². The minimum atomic E-state index is -1.59. The maximum atomic E-state index is 11.0. The van der Waals surface area contributed by atoms with E-state index in [4.69, 9.17) is 5.11 Å². The van der Waals surface area contributed by atoms with Gasteiger partial charge in [0, 0.05) is 6.61 Å². The largest absolute Gasteiger partial charge is 0.619 e. The average molecular weight is 244 g/mol. The van der Waals surface area contributed by atoms with Crippen LogP contribution in [0.3, 0.4) is 0 Å². The summed E-state index contributed by atoms with van der Waals surface area (Å²) in [5, 5.41) is 49.3. The minimum absolute atomic E-state index is 0.147. The van der Waals surface area contributed by atoms with Crippen molar-refractivity contribution >= 4 is 5.69 Å². The third-order valence-electron chi connectivity index (χ3n) is 2.25. The summed E-state index contributed by atoms with van der Waals surface area (Å²) >= 11 is 0. The van der Waals surface area contributed by atoms with E-state index in [-0.39, 0.29) is 23.3 Å². The molecule has 0 aliphatic carbocycles. The first-order valence-corrected chi connectivity index (χ1v) is 4.81. The lowest BCUT2D eigenvalue weighted by atomic mass is 10.0. The third-order valence-corrected chi connectivity index (χ3v) is 2.25. The van der Waals surface area contributed by atoms with E-state index >= 15 is 0 Å². The van der Waals surface area contributed by atoms with Gasteiger partial charge in [0.05, 0.1) is 17.1 Å². The van der Waals surface area contributed by atoms with Crippen LogP contribution in [0.5, 0.6) is 0 Å². The molecule has 3 N–H and O–H groups in total. The first-order valence-electron chi connectivity index (χ1n) is 4.81. The molecule has 0 aliphatic heterocycles. The Labute approximate surface area is 96.1 Å². The molecule has 94 valence electrons. The van der Waals surface area contributed by atoms with Crippen LogP contribution >= 0.6 is 0 Å². The summed E-state index contributed by atoms with van der Waals surface area (Å²) in [6.45, 7) is -0.379. The second-order valence-corrected chi connectivity index (χ2v) is 3.43. The molecule has 0 aliphatic rings. The van der Waals surface area contributed by atoms with Crippen LogP contribution in [0, 0.1) is 15.3 Å². The number of pyridine rings is 1. The molecule has 2 atom stereocenters. The van der Waals surface area contributed by atoms with Crippen LogP contribution in [-0.2, 0) is 0 Å². The Kier molecular flexibility index (Phi) is 4.32. The van der Waals surface area contributed by atoms with E-state index in [1.165, 1.54) is 0 Å². The highest BCUT2D eigenvalue weighted by Crippen LogP contribution is 2.26. The number of hydrogen-bond donors (Lipinski definition) is 3. The zero-order valence-electron chi connectivity index (χ0n) is 8.76. The van der Waals surface area contributed by atoms with Gasteiger partial charge in [0.1, 0.15) is 11.7 Å². The molecule has 1 rings (SSSR count). The molecule has 0 aromatic carbocycles. The monoisotopic (exact) mass is 244 g/mol. The van der Waals surface area contributed by atoms with Gasteiger partial charge in [-0.1, -0.05) is 0 Å². The summed E-state index contributed by atoms with van der Waals surface area (Å²) in [4.78, 5) is 9.91. The minimum Gasteiger partial charge on any atom is -0.619 e. The van der Waals surface area contributed by atoms with E-state index in [9.17, 15) is 25.5 Å². The quantitative estimate of drug-likeness (QED) is 0.263. The number of nitrogens with zero attached hydrogens (tertiary/aromatic N) is 2. The SMILES string of the molecule is O=[N+]([O-])c1cc[n+]([O-])cc1C(O)C(O)CCO. The summed E-state index contributed by atoms with van der Waals surface area (Å²) in [6, 6.07) is 0.942. The number of aliphatic hydroxyl groups is 3. The van der Waals surface area contributed by atoms with Gasteiger partial charge < -0.3 is 20.5 Å². The van der Waals surface area contributed by atoms with Crippen molar-refractivity contribution in [3.63, 3.8) is 0 Å². The summed E-state index contributed by atoms with van der Waals surface area (Å²) in [5.41, 5.74) is -0.741. The van der Waals surface area contributed by atoms with Gasteiger partial charge in [-0.3, -0.25) is 10.1 Å². The zero-order valence-corrected chi connectivity index (χ0v) is 8.76. The lowest BCUT2D eigenvalue weighted by Crippen LogP contribution is -2.29. The van der Waals surface area contributed by atoms with Crippen molar-refractivity contribution in [3.8, 4) is 0 Å². The number of aromatic nitrogens is 1. The van der Waals surface area contributed by atoms with Crippen molar-refractivity contribution in [2.75, 3.05) is 6.61 Å². The van der Waals surface area contributed by atoms with Crippen molar-refractivity contribution in [2.24, 2.45) is 0 Å². The van der Waals surface area contributed by atoms with Crippen molar-refractivity contribution in [2.45, 2.75) is 18.6 Å². The highest BCUT2D eigenvalue weighted by Gasteiger charge is 2.28. The fourth-order valence-electron chi connectivity index (χ4n) is 1.38. The number of nitro groups is 1. The number of rotatable bonds is 5. The van der Waals surface area contributed by atoms with Gasteiger partial charge in [-0.25, -0.2) is 0 Å². The molecule has 0 fully saturated rings. The number of aliphatic hydroxyl groups excluding tert-OH is 3. The zero-order chi connectivity index (χ0) is 13.0. The Bertz CT molecular complexity index is 410. The molecule has 8 nitrogen and oxygen atoms in total. The molecule has 1 heterocycles. The standard InChI is InChI=1S/C9H12N2O6/c12-4-2-8(13)9(14)6-5-10(15)3-1-7(6)11(16)17/h1,3,5,8-9,12-14H,2,4H2. The number of hydrogen-bond acceptors (Lipinski definition) is 6. The second kappa shape index (κ2) is 5.53. The van der Waals surface area contributed by atoms with E-state index in [0.29, 0.717) is 0 Å². The fourth-order valence-corrected chi connectivity index (χ4v) is 1.38. The molecule has 1 aromatic heterocycles. The fraction of sp³-hybridized carbons (Fsp3) is 0.444. The van der Waals surface area contributed by atoms with Crippen molar-refractivity contribution < 1.29 is 25.0 Å². The molecule has 8 heteroatoms. The molecule has 1 aromatic rings. The summed E-state index contributed by atoms with van der Waals surface area (Å²) in [5.74, 6) is 0. The molecule has 0 radical (unpaired) electrons. The Hall–Kier alpha value is -1.77. The van der Waals surface area contributed by atoms with E-state index in [0.717, 1.165) is 18.5 Å². The van der Waals surface area contributed by atoms with Crippen molar-refractivity contribution in [3.05, 3.63) is 39.3 Å². The first-order chi connectivity index (χ1) is 7.97. The first kappa shape index (κ1) is 13.3. The van der Waals surface area contributed by atoms with Gasteiger partial charge in [0.2, 0.25) is 0 Å². The molecule has 0 spiro atoms. The van der Waals surface area contributed by atoms with Gasteiger partial charge in [-0.05, 0) is 6.42 Å². The molecular weight excluding hydrogens is 232 g/mol. The normalized spacial score (nSPS) is 14.3. The lowest BCUT2D eigenvalue weighted by molar-refractivity contribution is -0.606. The van der Waals surface area contributed by atoms with Gasteiger partial charge in [-0.15, -0.1) is 0 Å². The smallest absolute Gasteiger partial charge is 0.287 e. The highest BCUT2D eigenvalue weighted by atomic mass is 16.6. The molecule has 0 saturated carbocycles. The van der Waals surface area contributed by atoms with Crippen LogP contribution in [0.1, 0.15) is 18.1 Å². The molecular formula is C9H12N2O6. The van der Waals surface area contributed by atoms with Crippen LogP contribution in [0.2, 0.25) is 0 Å². The molecule has 17 heavy (non-hydrogen) atoms. The predicted octanol–water partition coefficient (Wildman–Crippen LogP) is -0.995. The summed E-state index contributed by atoms with van der Waals surface area (Å²) < 4.78 is 0.289. The molecule has 0 saturated heterocycles. The maximum Gasteiger partial charge on any atom is 0.287 e. The van der Waals surface area contributed by atoms with E-state index < -0.39 is 22.8 Å². The Morgan fingerprint density at radius 3 is 2.65 bits per heavy atom. The van der Waals surface area contributed by atoms with Crippen LogP contribution < -0.4 is 4.73 Å². The van der Waals surface area contributed by atoms with Gasteiger partial charge in [-0.2, -0.15) is 4.73 Å². The van der Waals surface area contributed by atoms with E-state index in [2.05, 4.69) is 0 Å². The van der Waals surface area contributed by atoms with Crippen molar-refractivity contribution in [1.29, 1.82) is 0 Å². The summed E-state index contributed by atoms with van der Waals surface area (Å²) in [7, 11) is 0. The average Bonchev–Trinajstić information content (AvgIpc) is 2.27. The second-order valence-electron chi connectivity index (χ2n) is 3.43. The van der Waals surface area contributed by atoms with Crippen LogP contribution in [0.4, 0.5) is 5.69 Å². The summed E-state index contributed by atoms with van der Waals surface area (Å²) in [6.07, 6.45) is -1.37. The highest BCUT2D eigenvalue weighted by molar-refractivity contribution is 5.37. The van der Waals surface area contributed by atoms with Crippen LogP contribution in [0.25, 0.3) is 0 Å². The van der Waals surface area contributed by atoms with Gasteiger partial charge in [0.15, 0.2) is 12.4 Å². The van der Waals surface area contributed by atoms with Crippen molar-refractivity contribution in [1.82, 2.24) is 0 Å². The van der Waals surface area contributed by atoms with Gasteiger partial charge in [0.25, 0.3) is 5.69 Å². The third kappa shape index (κ3) is 3.09. The van der Waals surface area contributed by atoms with Gasteiger partial charge >= 0.3 is 0 Å². The van der Waals surface area contributed by atoms with E-state index in [1.807, 2.05) is 0 Å². The maximum absolute atomic E-state index is 11.0. The topological polar surface area (TPSA) is 131 Å². The molecule has 2 unspecified atom stereocenters. The lowest BCUT2D eigenvalue weighted by Gasteiger charge is -2.16. The Morgan fingerprint density at radius 1 is 1.47 bits per heavy atom. The Morgan fingerprint density at radius 2 is 2.12 bits per heavy atom. The van der Waals surface area contributed by atoms with Crippen LogP contribution in [0.15, 0.2) is 18.5 Å². The van der Waals surface area contributed by atoms with Crippen LogP contribution in [-0.4, -0.2) is 33.0 Å². The predicted molar refractivity (Wildman–Crippen MR) is 54.7 cm³/mol. The molecule has 0 amide bonds.